The Hall–Kier alpha value is -3.01. The number of hydrogen-bond acceptors (Lipinski definition) is 8. The molecule has 230 valence electrons. The van der Waals surface area contributed by atoms with E-state index in [-0.39, 0.29) is 6.17 Å². The first-order valence-corrected chi connectivity index (χ1v) is 15.3. The van der Waals surface area contributed by atoms with E-state index < -0.39 is 11.7 Å². The van der Waals surface area contributed by atoms with Crippen molar-refractivity contribution in [2.24, 2.45) is 0 Å². The number of benzene rings is 2. The van der Waals surface area contributed by atoms with Gasteiger partial charge in [0.1, 0.15) is 17.6 Å². The van der Waals surface area contributed by atoms with Crippen LogP contribution in [-0.2, 0) is 9.53 Å². The summed E-state index contributed by atoms with van der Waals surface area (Å²) >= 11 is 6.90. The fourth-order valence-corrected chi connectivity index (χ4v) is 6.03. The van der Waals surface area contributed by atoms with Crippen LogP contribution in [0.1, 0.15) is 40.0 Å². The molecule has 2 fully saturated rings. The second kappa shape index (κ2) is 14.4. The molecular formula is C32H46ClN5O4. The van der Waals surface area contributed by atoms with Gasteiger partial charge in [0.15, 0.2) is 0 Å². The van der Waals surface area contributed by atoms with E-state index in [0.29, 0.717) is 24.3 Å². The number of unbranched alkanes of at least 4 members (excludes halogenated alkanes) is 1. The maximum Gasteiger partial charge on any atom is 0.416 e. The Morgan fingerprint density at radius 1 is 0.976 bits per heavy atom. The Kier molecular flexibility index (Phi) is 11.0. The molecule has 0 bridgehead atoms. The van der Waals surface area contributed by atoms with E-state index in [2.05, 4.69) is 32.7 Å². The molecule has 0 spiro atoms. The Balaban J connectivity index is 1.71. The number of para-hydroxylation sites is 3. The summed E-state index contributed by atoms with van der Waals surface area (Å²) in [7, 11) is 3.81. The summed E-state index contributed by atoms with van der Waals surface area (Å²) in [4.78, 5) is 36.5. The van der Waals surface area contributed by atoms with Gasteiger partial charge in [-0.1, -0.05) is 29.8 Å². The number of ether oxygens (including phenoxy) is 2. The van der Waals surface area contributed by atoms with Crippen molar-refractivity contribution < 1.29 is 19.1 Å². The molecule has 0 aromatic heterocycles. The second-order valence-corrected chi connectivity index (χ2v) is 12.4. The minimum absolute atomic E-state index is 0.315. The molecule has 1 amide bonds. The normalized spacial score (nSPS) is 17.6. The van der Waals surface area contributed by atoms with E-state index in [1.54, 1.807) is 12.0 Å². The molecule has 2 heterocycles. The Morgan fingerprint density at radius 2 is 1.64 bits per heavy atom. The predicted molar refractivity (Wildman–Crippen MR) is 170 cm³/mol. The zero-order valence-corrected chi connectivity index (χ0v) is 26.5. The quantitative estimate of drug-likeness (QED) is 0.267. The molecule has 2 aromatic carbocycles. The lowest BCUT2D eigenvalue weighted by Crippen LogP contribution is -2.58. The number of anilines is 3. The molecule has 0 radical (unpaired) electrons. The fraction of sp³-hybridized carbons (Fsp3) is 0.562. The summed E-state index contributed by atoms with van der Waals surface area (Å²) in [6, 6.07) is 13.8. The molecule has 0 saturated carbocycles. The lowest BCUT2D eigenvalue weighted by molar-refractivity contribution is -0.108. The zero-order valence-electron chi connectivity index (χ0n) is 25.7. The molecule has 2 aliphatic heterocycles. The van der Waals surface area contributed by atoms with E-state index in [4.69, 9.17) is 21.1 Å². The number of nitrogens with zero attached hydrogens (tertiary/aromatic N) is 5. The molecule has 2 aromatic rings. The average Bonchev–Trinajstić information content (AvgIpc) is 2.96. The largest absolute Gasteiger partial charge is 0.495 e. The van der Waals surface area contributed by atoms with Gasteiger partial charge in [0, 0.05) is 58.8 Å². The van der Waals surface area contributed by atoms with Crippen molar-refractivity contribution in [1.29, 1.82) is 0 Å². The summed E-state index contributed by atoms with van der Waals surface area (Å²) in [5.41, 5.74) is 1.97. The fourth-order valence-electron chi connectivity index (χ4n) is 5.74. The van der Waals surface area contributed by atoms with Gasteiger partial charge in [-0.15, -0.1) is 0 Å². The van der Waals surface area contributed by atoms with Crippen LogP contribution >= 0.6 is 11.6 Å². The van der Waals surface area contributed by atoms with Crippen LogP contribution in [0.4, 0.5) is 21.9 Å². The molecule has 10 heteroatoms. The third-order valence-electron chi connectivity index (χ3n) is 7.88. The van der Waals surface area contributed by atoms with Crippen molar-refractivity contribution in [3.63, 3.8) is 0 Å². The Labute approximate surface area is 255 Å². The first-order valence-electron chi connectivity index (χ1n) is 14.9. The molecule has 42 heavy (non-hydrogen) atoms. The zero-order chi connectivity index (χ0) is 30.3. The number of aldehydes is 1. The highest BCUT2D eigenvalue weighted by Crippen LogP contribution is 2.40. The summed E-state index contributed by atoms with van der Waals surface area (Å²) in [6.45, 7) is 12.1. The highest BCUT2D eigenvalue weighted by atomic mass is 35.5. The molecule has 1 unspecified atom stereocenters. The lowest BCUT2D eigenvalue weighted by Gasteiger charge is -2.46. The van der Waals surface area contributed by atoms with E-state index in [1.807, 2.05) is 57.2 Å². The van der Waals surface area contributed by atoms with Gasteiger partial charge in [-0.05, 0) is 64.9 Å². The van der Waals surface area contributed by atoms with Crippen molar-refractivity contribution in [1.82, 2.24) is 9.80 Å². The molecule has 4 rings (SSSR count). The number of amides is 1. The number of piperazine rings is 2. The monoisotopic (exact) mass is 599 g/mol. The van der Waals surface area contributed by atoms with Crippen LogP contribution in [0, 0.1) is 0 Å². The predicted octanol–water partition coefficient (Wildman–Crippen LogP) is 5.36. The Bertz CT molecular complexity index is 1190. The van der Waals surface area contributed by atoms with Gasteiger partial charge >= 0.3 is 6.09 Å². The van der Waals surface area contributed by atoms with E-state index in [9.17, 15) is 9.59 Å². The first-order chi connectivity index (χ1) is 20.1. The number of likely N-dealkylation sites (N-methyl/N-ethyl adjacent to an activating group) is 1. The van der Waals surface area contributed by atoms with Crippen molar-refractivity contribution in [2.75, 3.05) is 81.2 Å². The molecule has 0 aliphatic carbocycles. The first kappa shape index (κ1) is 31.9. The minimum atomic E-state index is -0.683. The number of carbonyl (C=O) groups is 2. The summed E-state index contributed by atoms with van der Waals surface area (Å²) in [5.74, 6) is 0.847. The van der Waals surface area contributed by atoms with Gasteiger partial charge in [-0.2, -0.15) is 0 Å². The molecule has 2 aliphatic rings. The van der Waals surface area contributed by atoms with Crippen molar-refractivity contribution >= 4 is 41.0 Å². The lowest BCUT2D eigenvalue weighted by atomic mass is 10.1. The molecule has 0 N–H and O–H groups in total. The topological polar surface area (TPSA) is 68.8 Å². The van der Waals surface area contributed by atoms with Gasteiger partial charge in [-0.3, -0.25) is 9.80 Å². The minimum Gasteiger partial charge on any atom is -0.495 e. The number of hydrogen-bond donors (Lipinski definition) is 0. The van der Waals surface area contributed by atoms with Gasteiger partial charge in [-0.25, -0.2) is 4.79 Å². The number of methoxy groups -OCH3 is 1. The van der Waals surface area contributed by atoms with E-state index >= 15 is 0 Å². The Morgan fingerprint density at radius 3 is 2.29 bits per heavy atom. The van der Waals surface area contributed by atoms with Crippen LogP contribution in [0.25, 0.3) is 0 Å². The standard InChI is InChI=1S/C32H46ClN5O4/c1-32(2,3)42-31(40)38(27-13-10-11-25(33)30(27)37-18-16-34(4)17-19-37)29(15-8-9-24-39)36-22-20-35(21-23-36)26-12-6-7-14-28(26)41-5/h6-7,10-14,24,29H,8-9,15-23H2,1-5H3. The summed E-state index contributed by atoms with van der Waals surface area (Å²) < 4.78 is 11.7. The van der Waals surface area contributed by atoms with Crippen molar-refractivity contribution in [2.45, 2.75) is 51.8 Å². The number of halogens is 1. The van der Waals surface area contributed by atoms with Crippen LogP contribution in [0.2, 0.25) is 5.02 Å². The molecular weight excluding hydrogens is 554 g/mol. The summed E-state index contributed by atoms with van der Waals surface area (Å²) in [6.07, 6.45) is 1.93. The number of carbonyl (C=O) groups excluding carboxylic acids is 2. The molecule has 2 saturated heterocycles. The third-order valence-corrected chi connectivity index (χ3v) is 8.18. The van der Waals surface area contributed by atoms with Crippen LogP contribution in [0.5, 0.6) is 5.75 Å². The van der Waals surface area contributed by atoms with Crippen LogP contribution in [0.15, 0.2) is 42.5 Å². The SMILES string of the molecule is COc1ccccc1N1CCN(C(CCCC=O)N(C(=O)OC(C)(C)C)c2cccc(Cl)c2N2CCN(C)CC2)CC1. The van der Waals surface area contributed by atoms with E-state index in [1.165, 1.54) is 0 Å². The average molecular weight is 600 g/mol. The van der Waals surface area contributed by atoms with Crippen LogP contribution in [-0.4, -0.2) is 100 Å². The highest BCUT2D eigenvalue weighted by Gasteiger charge is 2.37. The highest BCUT2D eigenvalue weighted by molar-refractivity contribution is 6.34. The van der Waals surface area contributed by atoms with E-state index in [0.717, 1.165) is 81.5 Å². The summed E-state index contributed by atoms with van der Waals surface area (Å²) in [5, 5.41) is 0.609. The number of rotatable bonds is 10. The van der Waals surface area contributed by atoms with Gasteiger partial charge in [0.25, 0.3) is 0 Å². The van der Waals surface area contributed by atoms with Crippen molar-refractivity contribution in [3.05, 3.63) is 47.5 Å². The molecule has 9 nitrogen and oxygen atoms in total. The van der Waals surface area contributed by atoms with Crippen LogP contribution in [0.3, 0.4) is 0 Å². The maximum atomic E-state index is 14.2. The third kappa shape index (κ3) is 7.88. The molecule has 1 atom stereocenters. The van der Waals surface area contributed by atoms with Crippen LogP contribution < -0.4 is 19.4 Å². The maximum absolute atomic E-state index is 14.2. The van der Waals surface area contributed by atoms with Crippen molar-refractivity contribution in [3.8, 4) is 5.75 Å². The smallest absolute Gasteiger partial charge is 0.416 e. The van der Waals surface area contributed by atoms with Gasteiger partial charge in [0.2, 0.25) is 0 Å². The second-order valence-electron chi connectivity index (χ2n) is 12.0. The van der Waals surface area contributed by atoms with Gasteiger partial charge in [0.05, 0.1) is 35.4 Å². The van der Waals surface area contributed by atoms with Gasteiger partial charge < -0.3 is 29.0 Å².